The van der Waals surface area contributed by atoms with Gasteiger partial charge in [-0.2, -0.15) is 0 Å². The van der Waals surface area contributed by atoms with E-state index in [1.807, 2.05) is 36.5 Å². The van der Waals surface area contributed by atoms with Crippen molar-refractivity contribution in [1.82, 2.24) is 4.98 Å². The molecule has 0 atom stereocenters. The Kier molecular flexibility index (Phi) is 4.43. The smallest absolute Gasteiger partial charge is 0.143 e. The third kappa shape index (κ3) is 3.47. The van der Waals surface area contributed by atoms with E-state index in [0.717, 1.165) is 22.5 Å². The molecule has 2 aromatic rings. The molecule has 0 saturated carbocycles. The van der Waals surface area contributed by atoms with Gasteiger partial charge in [0.15, 0.2) is 0 Å². The number of nitrogens with two attached hydrogens (primary N) is 1. The fourth-order valence-corrected chi connectivity index (χ4v) is 2.46. The van der Waals surface area contributed by atoms with Gasteiger partial charge in [0, 0.05) is 24.5 Å². The highest BCUT2D eigenvalue weighted by atomic mass is 79.9. The summed E-state index contributed by atoms with van der Waals surface area (Å²) in [4.78, 5) is 6.72. The minimum atomic E-state index is 0.354. The highest BCUT2D eigenvalue weighted by Crippen LogP contribution is 2.26. The van der Waals surface area contributed by atoms with Crippen molar-refractivity contribution in [3.8, 4) is 0 Å². The van der Waals surface area contributed by atoms with Crippen LogP contribution in [0, 0.1) is 0 Å². The number of nitrogens with zero attached hydrogens (tertiary/aromatic N) is 2. The monoisotopic (exact) mass is 319 g/mol. The summed E-state index contributed by atoms with van der Waals surface area (Å²) in [7, 11) is 0. The molecule has 1 aromatic carbocycles. The zero-order valence-corrected chi connectivity index (χ0v) is 12.8. The molecule has 0 radical (unpaired) electrons. The van der Waals surface area contributed by atoms with Crippen molar-refractivity contribution in [2.45, 2.75) is 26.4 Å². The van der Waals surface area contributed by atoms with E-state index in [1.165, 1.54) is 5.56 Å². The van der Waals surface area contributed by atoms with Crippen LogP contribution in [0.3, 0.4) is 0 Å². The first-order valence-electron chi connectivity index (χ1n) is 6.29. The maximum atomic E-state index is 5.84. The number of nitrogen functional groups attached to an aromatic ring is 1. The van der Waals surface area contributed by atoms with Gasteiger partial charge >= 0.3 is 0 Å². The average Bonchev–Trinajstić information content (AvgIpc) is 2.37. The van der Waals surface area contributed by atoms with Gasteiger partial charge in [-0.3, -0.25) is 0 Å². The Morgan fingerprint density at radius 3 is 2.68 bits per heavy atom. The van der Waals surface area contributed by atoms with E-state index in [-0.39, 0.29) is 0 Å². The zero-order chi connectivity index (χ0) is 13.8. The molecule has 1 aromatic heterocycles. The van der Waals surface area contributed by atoms with Crippen LogP contribution in [-0.2, 0) is 6.54 Å². The number of halogens is 1. The highest BCUT2D eigenvalue weighted by molar-refractivity contribution is 9.10. The van der Waals surface area contributed by atoms with Gasteiger partial charge in [-0.25, -0.2) is 4.98 Å². The van der Waals surface area contributed by atoms with E-state index < -0.39 is 0 Å². The van der Waals surface area contributed by atoms with E-state index >= 15 is 0 Å². The summed E-state index contributed by atoms with van der Waals surface area (Å²) in [6.07, 6.45) is 1.81. The topological polar surface area (TPSA) is 42.1 Å². The third-order valence-electron chi connectivity index (χ3n) is 2.94. The van der Waals surface area contributed by atoms with Crippen LogP contribution in [0.15, 0.2) is 47.1 Å². The molecule has 2 N–H and O–H groups in total. The molecule has 0 amide bonds. The van der Waals surface area contributed by atoms with Crippen molar-refractivity contribution < 1.29 is 0 Å². The molecule has 0 aliphatic carbocycles. The van der Waals surface area contributed by atoms with Crippen molar-refractivity contribution in [2.75, 3.05) is 10.6 Å². The molecule has 2 rings (SSSR count). The maximum Gasteiger partial charge on any atom is 0.143 e. The summed E-state index contributed by atoms with van der Waals surface area (Å²) in [6.45, 7) is 5.11. The largest absolute Gasteiger partial charge is 0.399 e. The second kappa shape index (κ2) is 6.06. The molecule has 0 spiro atoms. The zero-order valence-electron chi connectivity index (χ0n) is 11.2. The number of hydrogen-bond acceptors (Lipinski definition) is 3. The Labute approximate surface area is 122 Å². The van der Waals surface area contributed by atoms with Crippen LogP contribution in [-0.4, -0.2) is 11.0 Å². The van der Waals surface area contributed by atoms with E-state index in [2.05, 4.69) is 45.7 Å². The van der Waals surface area contributed by atoms with Crippen LogP contribution in [0.5, 0.6) is 0 Å². The highest BCUT2D eigenvalue weighted by Gasteiger charge is 2.15. The molecule has 0 fully saturated rings. The van der Waals surface area contributed by atoms with Crippen molar-refractivity contribution in [3.05, 3.63) is 52.6 Å². The molecule has 1 heterocycles. The number of aromatic nitrogens is 1. The number of anilines is 2. The van der Waals surface area contributed by atoms with Gasteiger partial charge in [0.1, 0.15) is 5.82 Å². The Bertz CT molecular complexity index is 555. The Morgan fingerprint density at radius 2 is 2.05 bits per heavy atom. The van der Waals surface area contributed by atoms with Crippen molar-refractivity contribution in [2.24, 2.45) is 0 Å². The summed E-state index contributed by atoms with van der Waals surface area (Å²) < 4.78 is 1.01. The van der Waals surface area contributed by atoms with Crippen LogP contribution >= 0.6 is 15.9 Å². The van der Waals surface area contributed by atoms with Crippen molar-refractivity contribution in [1.29, 1.82) is 0 Å². The SMILES string of the molecule is CC(C)N(Cc1cccc(N)c1)c1ncccc1Br. The fourth-order valence-electron chi connectivity index (χ4n) is 1.98. The van der Waals surface area contributed by atoms with Gasteiger partial charge in [-0.05, 0) is 59.6 Å². The predicted molar refractivity (Wildman–Crippen MR) is 84.1 cm³/mol. The molecule has 100 valence electrons. The minimum Gasteiger partial charge on any atom is -0.399 e. The van der Waals surface area contributed by atoms with Crippen molar-refractivity contribution in [3.63, 3.8) is 0 Å². The summed E-state index contributed by atoms with van der Waals surface area (Å²) >= 11 is 3.56. The van der Waals surface area contributed by atoms with E-state index in [1.54, 1.807) is 0 Å². The first-order valence-corrected chi connectivity index (χ1v) is 7.09. The molecule has 0 saturated heterocycles. The van der Waals surface area contributed by atoms with Crippen LogP contribution in [0.4, 0.5) is 11.5 Å². The summed E-state index contributed by atoms with van der Waals surface area (Å²) in [5, 5.41) is 0. The second-order valence-corrected chi connectivity index (χ2v) is 5.63. The van der Waals surface area contributed by atoms with Crippen LogP contribution < -0.4 is 10.6 Å². The summed E-state index contributed by atoms with van der Waals surface area (Å²) in [6, 6.07) is 12.3. The fraction of sp³-hybridized carbons (Fsp3) is 0.267. The van der Waals surface area contributed by atoms with Gasteiger partial charge in [0.2, 0.25) is 0 Å². The number of benzene rings is 1. The first-order chi connectivity index (χ1) is 9.08. The first kappa shape index (κ1) is 13.9. The summed E-state index contributed by atoms with van der Waals surface area (Å²) in [5.41, 5.74) is 7.81. The lowest BCUT2D eigenvalue weighted by Gasteiger charge is -2.28. The van der Waals surface area contributed by atoms with Gasteiger partial charge < -0.3 is 10.6 Å². The number of rotatable bonds is 4. The Balaban J connectivity index is 2.29. The molecule has 0 aliphatic heterocycles. The Morgan fingerprint density at radius 1 is 1.26 bits per heavy atom. The molecule has 0 bridgehead atoms. The standard InChI is InChI=1S/C15H18BrN3/c1-11(2)19(15-14(16)7-4-8-18-15)10-12-5-3-6-13(17)9-12/h3-9,11H,10,17H2,1-2H3. The molecule has 0 unspecified atom stereocenters. The summed E-state index contributed by atoms with van der Waals surface area (Å²) in [5.74, 6) is 0.958. The Hall–Kier alpha value is -1.55. The molecule has 3 nitrogen and oxygen atoms in total. The van der Waals surface area contributed by atoms with Gasteiger partial charge in [0.25, 0.3) is 0 Å². The molecular formula is C15H18BrN3. The van der Waals surface area contributed by atoms with Crippen molar-refractivity contribution >= 4 is 27.4 Å². The van der Waals surface area contributed by atoms with Gasteiger partial charge in [0.05, 0.1) is 4.47 Å². The van der Waals surface area contributed by atoms with E-state index in [4.69, 9.17) is 5.73 Å². The second-order valence-electron chi connectivity index (χ2n) is 4.78. The number of hydrogen-bond donors (Lipinski definition) is 1. The van der Waals surface area contributed by atoms with Gasteiger partial charge in [-0.15, -0.1) is 0 Å². The third-order valence-corrected chi connectivity index (χ3v) is 3.56. The average molecular weight is 320 g/mol. The lowest BCUT2D eigenvalue weighted by molar-refractivity contribution is 0.671. The van der Waals surface area contributed by atoms with Crippen LogP contribution in [0.2, 0.25) is 0 Å². The predicted octanol–water partition coefficient (Wildman–Crippen LogP) is 3.84. The molecule has 4 heteroatoms. The van der Waals surface area contributed by atoms with E-state index in [9.17, 15) is 0 Å². The molecule has 0 aliphatic rings. The van der Waals surface area contributed by atoms with Crippen LogP contribution in [0.1, 0.15) is 19.4 Å². The normalized spacial score (nSPS) is 10.7. The molecule has 19 heavy (non-hydrogen) atoms. The maximum absolute atomic E-state index is 5.84. The van der Waals surface area contributed by atoms with Gasteiger partial charge in [-0.1, -0.05) is 12.1 Å². The molecular weight excluding hydrogens is 302 g/mol. The quantitative estimate of drug-likeness (QED) is 0.870. The van der Waals surface area contributed by atoms with E-state index in [0.29, 0.717) is 6.04 Å². The lowest BCUT2D eigenvalue weighted by Crippen LogP contribution is -2.31. The minimum absolute atomic E-state index is 0.354. The lowest BCUT2D eigenvalue weighted by atomic mass is 10.1. The number of pyridine rings is 1. The van der Waals surface area contributed by atoms with Crippen LogP contribution in [0.25, 0.3) is 0 Å².